The molecule has 2 rings (SSSR count). The van der Waals surface area contributed by atoms with Gasteiger partial charge < -0.3 is 0 Å². The lowest BCUT2D eigenvalue weighted by atomic mass is 10.3. The molecule has 0 aliphatic carbocycles. The Kier molecular flexibility index (Phi) is 1.86. The molecule has 0 N–H and O–H groups in total. The van der Waals surface area contributed by atoms with Crippen molar-refractivity contribution in [3.05, 3.63) is 27.3 Å². The van der Waals surface area contributed by atoms with Crippen molar-refractivity contribution < 1.29 is 4.92 Å². The van der Waals surface area contributed by atoms with Gasteiger partial charge in [-0.15, -0.1) is 5.10 Å². The molecular formula is C6H2ClN3O2S. The first-order valence-corrected chi connectivity index (χ1v) is 4.40. The number of hydrogen-bond donors (Lipinski definition) is 0. The monoisotopic (exact) mass is 215 g/mol. The number of fused-ring (bicyclic) bond motifs is 1. The van der Waals surface area contributed by atoms with Gasteiger partial charge in [0, 0.05) is 0 Å². The molecule has 0 radical (unpaired) electrons. The van der Waals surface area contributed by atoms with Crippen molar-refractivity contribution in [3.63, 3.8) is 0 Å². The van der Waals surface area contributed by atoms with Crippen LogP contribution in [0.25, 0.3) is 10.2 Å². The molecule has 0 amide bonds. The zero-order chi connectivity index (χ0) is 9.42. The van der Waals surface area contributed by atoms with E-state index in [0.29, 0.717) is 10.2 Å². The summed E-state index contributed by atoms with van der Waals surface area (Å²) in [5.41, 5.74) is 0.385. The Hall–Kier alpha value is -1.27. The predicted molar refractivity (Wildman–Crippen MR) is 49.1 cm³/mol. The molecular weight excluding hydrogens is 214 g/mol. The lowest BCUT2D eigenvalue weighted by Crippen LogP contribution is -1.88. The number of nitro benzene ring substituents is 1. The highest BCUT2D eigenvalue weighted by Crippen LogP contribution is 2.33. The van der Waals surface area contributed by atoms with Crippen molar-refractivity contribution in [2.75, 3.05) is 0 Å². The largest absolute Gasteiger partial charge is 0.308 e. The van der Waals surface area contributed by atoms with Crippen LogP contribution in [0.3, 0.4) is 0 Å². The van der Waals surface area contributed by atoms with Crippen LogP contribution in [0, 0.1) is 10.1 Å². The van der Waals surface area contributed by atoms with Crippen molar-refractivity contribution in [1.82, 2.24) is 9.59 Å². The van der Waals surface area contributed by atoms with Crippen LogP contribution in [0.2, 0.25) is 5.02 Å². The van der Waals surface area contributed by atoms with Crippen molar-refractivity contribution in [2.45, 2.75) is 0 Å². The summed E-state index contributed by atoms with van der Waals surface area (Å²) in [6.45, 7) is 0. The molecule has 5 nitrogen and oxygen atoms in total. The van der Waals surface area contributed by atoms with Gasteiger partial charge in [0.15, 0.2) is 4.70 Å². The first-order valence-electron chi connectivity index (χ1n) is 3.25. The van der Waals surface area contributed by atoms with E-state index in [9.17, 15) is 10.1 Å². The van der Waals surface area contributed by atoms with E-state index in [4.69, 9.17) is 11.6 Å². The summed E-state index contributed by atoms with van der Waals surface area (Å²) in [5, 5.41) is 14.4. The second-order valence-corrected chi connectivity index (χ2v) is 3.44. The first kappa shape index (κ1) is 8.33. The number of hydrogen-bond acceptors (Lipinski definition) is 5. The van der Waals surface area contributed by atoms with Crippen molar-refractivity contribution in [3.8, 4) is 0 Å². The molecule has 66 valence electrons. The summed E-state index contributed by atoms with van der Waals surface area (Å²) in [6, 6.07) is 3.05. The molecule has 1 aromatic heterocycles. The third-order valence-corrected chi connectivity index (χ3v) is 2.58. The number of rotatable bonds is 1. The van der Waals surface area contributed by atoms with Gasteiger partial charge in [-0.2, -0.15) is 0 Å². The predicted octanol–water partition coefficient (Wildman–Crippen LogP) is 2.25. The van der Waals surface area contributed by atoms with E-state index in [1.165, 1.54) is 6.07 Å². The third kappa shape index (κ3) is 1.24. The second-order valence-electron chi connectivity index (χ2n) is 2.27. The van der Waals surface area contributed by atoms with Gasteiger partial charge in [-0.1, -0.05) is 16.1 Å². The average molecular weight is 216 g/mol. The smallest absolute Gasteiger partial charge is 0.258 e. The minimum atomic E-state index is -0.523. The van der Waals surface area contributed by atoms with Gasteiger partial charge >= 0.3 is 5.69 Å². The van der Waals surface area contributed by atoms with Crippen LogP contribution in [0.5, 0.6) is 0 Å². The highest BCUT2D eigenvalue weighted by molar-refractivity contribution is 7.13. The molecule has 0 aliphatic heterocycles. The first-order chi connectivity index (χ1) is 6.20. The molecule has 13 heavy (non-hydrogen) atoms. The van der Waals surface area contributed by atoms with Gasteiger partial charge in [0.2, 0.25) is 0 Å². The van der Waals surface area contributed by atoms with E-state index in [-0.39, 0.29) is 10.7 Å². The number of halogens is 1. The number of aromatic nitrogens is 2. The SMILES string of the molecule is O=[N+]([O-])c1c(Cl)ccc2nnsc12. The maximum absolute atomic E-state index is 10.6. The van der Waals surface area contributed by atoms with Crippen molar-refractivity contribution >= 4 is 39.0 Å². The average Bonchev–Trinajstić information content (AvgIpc) is 2.50. The maximum Gasteiger partial charge on any atom is 0.308 e. The molecule has 0 saturated heterocycles. The Morgan fingerprint density at radius 2 is 2.31 bits per heavy atom. The van der Waals surface area contributed by atoms with Crippen LogP contribution in [-0.2, 0) is 0 Å². The number of benzene rings is 1. The van der Waals surface area contributed by atoms with Crippen molar-refractivity contribution in [2.24, 2.45) is 0 Å². The molecule has 0 fully saturated rings. The summed E-state index contributed by atoms with van der Waals surface area (Å²) in [7, 11) is 0. The van der Waals surface area contributed by atoms with Crippen molar-refractivity contribution in [1.29, 1.82) is 0 Å². The summed E-state index contributed by atoms with van der Waals surface area (Å²) in [6.07, 6.45) is 0. The molecule has 0 atom stereocenters. The van der Waals surface area contributed by atoms with Gasteiger partial charge in [0.25, 0.3) is 0 Å². The quantitative estimate of drug-likeness (QED) is 0.540. The van der Waals surface area contributed by atoms with Crippen LogP contribution in [0.4, 0.5) is 5.69 Å². The normalized spacial score (nSPS) is 10.5. The van der Waals surface area contributed by atoms with Crippen LogP contribution in [0.1, 0.15) is 0 Å². The van der Waals surface area contributed by atoms with Crippen LogP contribution in [0.15, 0.2) is 12.1 Å². The highest BCUT2D eigenvalue weighted by Gasteiger charge is 2.19. The van der Waals surface area contributed by atoms with E-state index < -0.39 is 4.92 Å². The third-order valence-electron chi connectivity index (χ3n) is 1.52. The van der Waals surface area contributed by atoms with Gasteiger partial charge in [-0.3, -0.25) is 10.1 Å². The zero-order valence-electron chi connectivity index (χ0n) is 6.10. The Labute approximate surface area is 81.3 Å². The van der Waals surface area contributed by atoms with E-state index in [1.807, 2.05) is 0 Å². The zero-order valence-corrected chi connectivity index (χ0v) is 7.67. The highest BCUT2D eigenvalue weighted by atomic mass is 35.5. The topological polar surface area (TPSA) is 68.9 Å². The molecule has 2 aromatic rings. The number of nitrogens with zero attached hydrogens (tertiary/aromatic N) is 3. The Balaban J connectivity index is 2.88. The van der Waals surface area contributed by atoms with Gasteiger partial charge in [-0.25, -0.2) is 0 Å². The molecule has 0 saturated carbocycles. The van der Waals surface area contributed by atoms with E-state index in [1.54, 1.807) is 6.07 Å². The summed E-state index contributed by atoms with van der Waals surface area (Å²) >= 11 is 6.63. The lowest BCUT2D eigenvalue weighted by molar-refractivity contribution is -0.382. The minimum absolute atomic E-state index is 0.114. The van der Waals surface area contributed by atoms with Crippen LogP contribution < -0.4 is 0 Å². The van der Waals surface area contributed by atoms with E-state index >= 15 is 0 Å². The Morgan fingerprint density at radius 1 is 1.54 bits per heavy atom. The fourth-order valence-electron chi connectivity index (χ4n) is 0.981. The Bertz CT molecular complexity index is 484. The summed E-state index contributed by atoms with van der Waals surface area (Å²) in [4.78, 5) is 10.1. The standard InChI is InChI=1S/C6H2ClN3O2S/c7-3-1-2-4-6(13-9-8-4)5(3)10(11)12/h1-2H. The Morgan fingerprint density at radius 3 is 3.00 bits per heavy atom. The molecule has 1 aromatic carbocycles. The molecule has 0 aliphatic rings. The van der Waals surface area contributed by atoms with Crippen LogP contribution >= 0.6 is 23.1 Å². The molecule has 7 heteroatoms. The van der Waals surface area contributed by atoms with Crippen LogP contribution in [-0.4, -0.2) is 14.5 Å². The summed E-state index contributed by atoms with van der Waals surface area (Å²) in [5.74, 6) is 0. The van der Waals surface area contributed by atoms with Gasteiger partial charge in [0.05, 0.1) is 4.92 Å². The lowest BCUT2D eigenvalue weighted by Gasteiger charge is -1.93. The van der Waals surface area contributed by atoms with Gasteiger partial charge in [0.1, 0.15) is 10.5 Å². The molecule has 0 bridgehead atoms. The van der Waals surface area contributed by atoms with E-state index in [0.717, 1.165) is 11.5 Å². The van der Waals surface area contributed by atoms with E-state index in [2.05, 4.69) is 9.59 Å². The fraction of sp³-hybridized carbons (Fsp3) is 0. The maximum atomic E-state index is 10.6. The fourth-order valence-corrected chi connectivity index (χ4v) is 1.95. The second kappa shape index (κ2) is 2.90. The molecule has 1 heterocycles. The summed E-state index contributed by atoms with van der Waals surface area (Å²) < 4.78 is 4.03. The molecule has 0 unspecified atom stereocenters. The molecule has 0 spiro atoms. The van der Waals surface area contributed by atoms with Gasteiger partial charge in [-0.05, 0) is 23.7 Å². The minimum Gasteiger partial charge on any atom is -0.258 e. The number of nitro groups is 1.